The Kier molecular flexibility index (Phi) is 7.06. The van der Waals surface area contributed by atoms with Crippen LogP contribution in [0.2, 0.25) is 5.02 Å². The molecule has 1 atom stereocenters. The second-order valence-electron chi connectivity index (χ2n) is 6.14. The first-order valence-electron chi connectivity index (χ1n) is 8.43. The Bertz CT molecular complexity index is 554. The van der Waals surface area contributed by atoms with E-state index in [-0.39, 0.29) is 23.8 Å². The number of ether oxygens (including phenoxy) is 1. The molecular formula is C18H25ClN2O3. The molecule has 24 heavy (non-hydrogen) atoms. The Morgan fingerprint density at radius 2 is 1.92 bits per heavy atom. The summed E-state index contributed by atoms with van der Waals surface area (Å²) in [5.41, 5.74) is 1.02. The number of nitrogens with zero attached hydrogens (tertiary/aromatic N) is 1. The van der Waals surface area contributed by atoms with E-state index in [0.717, 1.165) is 31.5 Å². The molecule has 0 aromatic heterocycles. The lowest BCUT2D eigenvalue weighted by molar-refractivity contribution is -0.149. The van der Waals surface area contributed by atoms with E-state index in [1.165, 1.54) is 0 Å². The molecule has 5 nitrogen and oxygen atoms in total. The molecule has 1 heterocycles. The molecule has 1 amide bonds. The molecular weight excluding hydrogens is 328 g/mol. The lowest BCUT2D eigenvalue weighted by atomic mass is 9.97. The van der Waals surface area contributed by atoms with Gasteiger partial charge in [-0.05, 0) is 57.5 Å². The lowest BCUT2D eigenvalue weighted by Crippen LogP contribution is -2.43. The number of benzene rings is 1. The first-order valence-corrected chi connectivity index (χ1v) is 8.81. The maximum Gasteiger partial charge on any atom is 0.309 e. The van der Waals surface area contributed by atoms with Crippen LogP contribution in [0.1, 0.15) is 38.3 Å². The Morgan fingerprint density at radius 3 is 2.50 bits per heavy atom. The third kappa shape index (κ3) is 5.49. The topological polar surface area (TPSA) is 58.6 Å². The normalized spacial score (nSPS) is 17.3. The summed E-state index contributed by atoms with van der Waals surface area (Å²) in [6, 6.07) is 7.40. The summed E-state index contributed by atoms with van der Waals surface area (Å²) in [6.07, 6.45) is 1.50. The zero-order valence-corrected chi connectivity index (χ0v) is 15.0. The van der Waals surface area contributed by atoms with Gasteiger partial charge in [-0.2, -0.15) is 0 Å². The fraction of sp³-hybridized carbons (Fsp3) is 0.556. The highest BCUT2D eigenvalue weighted by molar-refractivity contribution is 6.30. The molecule has 1 unspecified atom stereocenters. The van der Waals surface area contributed by atoms with Crippen molar-refractivity contribution in [3.05, 3.63) is 34.9 Å². The fourth-order valence-corrected chi connectivity index (χ4v) is 3.04. The number of esters is 1. The predicted molar refractivity (Wildman–Crippen MR) is 93.8 cm³/mol. The van der Waals surface area contributed by atoms with E-state index in [2.05, 4.69) is 10.2 Å². The quantitative estimate of drug-likeness (QED) is 0.800. The number of carbonyl (C=O) groups is 2. The molecule has 0 aliphatic carbocycles. The molecule has 2 rings (SSSR count). The highest BCUT2D eigenvalue weighted by atomic mass is 35.5. The molecule has 1 aliphatic heterocycles. The average Bonchev–Trinajstić information content (AvgIpc) is 2.56. The van der Waals surface area contributed by atoms with Gasteiger partial charge >= 0.3 is 5.97 Å². The van der Waals surface area contributed by atoms with Gasteiger partial charge in [0.05, 0.1) is 25.1 Å². The molecule has 1 saturated heterocycles. The van der Waals surface area contributed by atoms with Crippen LogP contribution in [0, 0.1) is 5.92 Å². The summed E-state index contributed by atoms with van der Waals surface area (Å²) in [4.78, 5) is 26.0. The molecule has 0 saturated carbocycles. The zero-order valence-electron chi connectivity index (χ0n) is 14.3. The van der Waals surface area contributed by atoms with Gasteiger partial charge in [-0.1, -0.05) is 23.7 Å². The number of piperidine rings is 1. The van der Waals surface area contributed by atoms with Crippen LogP contribution < -0.4 is 5.32 Å². The van der Waals surface area contributed by atoms with E-state index in [1.807, 2.05) is 38.1 Å². The van der Waals surface area contributed by atoms with Crippen molar-refractivity contribution in [2.24, 2.45) is 5.92 Å². The van der Waals surface area contributed by atoms with Gasteiger partial charge in [0.25, 0.3) is 0 Å². The highest BCUT2D eigenvalue weighted by Gasteiger charge is 2.26. The fourth-order valence-electron chi connectivity index (χ4n) is 2.91. The number of rotatable bonds is 6. The van der Waals surface area contributed by atoms with E-state index in [0.29, 0.717) is 18.2 Å². The van der Waals surface area contributed by atoms with Crippen LogP contribution in [0.4, 0.5) is 0 Å². The van der Waals surface area contributed by atoms with Gasteiger partial charge in [0.2, 0.25) is 5.91 Å². The van der Waals surface area contributed by atoms with Crippen LogP contribution in [0.3, 0.4) is 0 Å². The second kappa shape index (κ2) is 9.04. The Morgan fingerprint density at radius 1 is 1.29 bits per heavy atom. The molecule has 1 aliphatic rings. The molecule has 1 aromatic rings. The van der Waals surface area contributed by atoms with Crippen LogP contribution in [0.25, 0.3) is 0 Å². The molecule has 132 valence electrons. The van der Waals surface area contributed by atoms with Crippen molar-refractivity contribution in [2.45, 2.75) is 32.7 Å². The van der Waals surface area contributed by atoms with Gasteiger partial charge < -0.3 is 10.1 Å². The number of amides is 1. The van der Waals surface area contributed by atoms with Gasteiger partial charge in [-0.3, -0.25) is 14.5 Å². The third-order valence-corrected chi connectivity index (χ3v) is 4.57. The van der Waals surface area contributed by atoms with Gasteiger partial charge in [-0.15, -0.1) is 0 Å². The van der Waals surface area contributed by atoms with Crippen molar-refractivity contribution >= 4 is 23.5 Å². The molecule has 0 bridgehead atoms. The third-order valence-electron chi connectivity index (χ3n) is 4.32. The number of carbonyl (C=O) groups excluding carboxylic acids is 2. The second-order valence-corrected chi connectivity index (χ2v) is 6.58. The highest BCUT2D eigenvalue weighted by Crippen LogP contribution is 2.19. The van der Waals surface area contributed by atoms with Crippen molar-refractivity contribution in [1.29, 1.82) is 0 Å². The number of halogens is 1. The zero-order chi connectivity index (χ0) is 17.5. The molecule has 1 N–H and O–H groups in total. The van der Waals surface area contributed by atoms with Gasteiger partial charge in [0.1, 0.15) is 0 Å². The van der Waals surface area contributed by atoms with Crippen molar-refractivity contribution in [3.8, 4) is 0 Å². The van der Waals surface area contributed by atoms with Crippen LogP contribution in [0.15, 0.2) is 24.3 Å². The van der Waals surface area contributed by atoms with Crippen molar-refractivity contribution in [1.82, 2.24) is 10.2 Å². The van der Waals surface area contributed by atoms with Crippen molar-refractivity contribution in [2.75, 3.05) is 26.2 Å². The molecule has 1 aromatic carbocycles. The average molecular weight is 353 g/mol. The van der Waals surface area contributed by atoms with Crippen molar-refractivity contribution in [3.63, 3.8) is 0 Å². The summed E-state index contributed by atoms with van der Waals surface area (Å²) in [5.74, 6) is -0.151. The number of nitrogens with one attached hydrogen (secondary N) is 1. The summed E-state index contributed by atoms with van der Waals surface area (Å²) in [6.45, 7) is 6.03. The Hall–Kier alpha value is -1.59. The maximum atomic E-state index is 12.2. The first kappa shape index (κ1) is 18.7. The van der Waals surface area contributed by atoms with Crippen LogP contribution >= 0.6 is 11.6 Å². The van der Waals surface area contributed by atoms with E-state index in [4.69, 9.17) is 16.3 Å². The van der Waals surface area contributed by atoms with Crippen LogP contribution in [-0.2, 0) is 14.3 Å². The predicted octanol–water partition coefficient (Wildman–Crippen LogP) is 2.79. The Balaban J connectivity index is 1.75. The molecule has 1 fully saturated rings. The number of hydrogen-bond donors (Lipinski definition) is 1. The SMILES string of the molecule is CCOC(=O)C1CCN(CC(=O)NC(C)c2ccc(Cl)cc2)CC1. The molecule has 0 radical (unpaired) electrons. The summed E-state index contributed by atoms with van der Waals surface area (Å²) >= 11 is 5.88. The number of likely N-dealkylation sites (tertiary alicyclic amines) is 1. The van der Waals surface area contributed by atoms with E-state index in [1.54, 1.807) is 0 Å². The van der Waals surface area contributed by atoms with E-state index < -0.39 is 0 Å². The summed E-state index contributed by atoms with van der Waals surface area (Å²) in [7, 11) is 0. The molecule has 0 spiro atoms. The van der Waals surface area contributed by atoms with Crippen molar-refractivity contribution < 1.29 is 14.3 Å². The monoisotopic (exact) mass is 352 g/mol. The minimum absolute atomic E-state index is 0.00738. The van der Waals surface area contributed by atoms with E-state index >= 15 is 0 Å². The first-order chi connectivity index (χ1) is 11.5. The largest absolute Gasteiger partial charge is 0.466 e. The van der Waals surface area contributed by atoms with Gasteiger partial charge in [0.15, 0.2) is 0 Å². The minimum Gasteiger partial charge on any atom is -0.466 e. The van der Waals surface area contributed by atoms with Gasteiger partial charge in [-0.25, -0.2) is 0 Å². The van der Waals surface area contributed by atoms with Crippen LogP contribution in [-0.4, -0.2) is 43.0 Å². The summed E-state index contributed by atoms with van der Waals surface area (Å²) in [5, 5.41) is 3.68. The smallest absolute Gasteiger partial charge is 0.309 e. The Labute approximate surface area is 148 Å². The molecule has 6 heteroatoms. The minimum atomic E-state index is -0.113. The standard InChI is InChI=1S/C18H25ClN2O3/c1-3-24-18(23)15-8-10-21(11-9-15)12-17(22)20-13(2)14-4-6-16(19)7-5-14/h4-7,13,15H,3,8-12H2,1-2H3,(H,20,22). The lowest BCUT2D eigenvalue weighted by Gasteiger charge is -2.30. The van der Waals surface area contributed by atoms with Crippen LogP contribution in [0.5, 0.6) is 0 Å². The van der Waals surface area contributed by atoms with E-state index in [9.17, 15) is 9.59 Å². The summed E-state index contributed by atoms with van der Waals surface area (Å²) < 4.78 is 5.06. The number of hydrogen-bond acceptors (Lipinski definition) is 4. The maximum absolute atomic E-state index is 12.2. The van der Waals surface area contributed by atoms with Gasteiger partial charge in [0, 0.05) is 5.02 Å².